The van der Waals surface area contributed by atoms with Crippen molar-refractivity contribution in [2.45, 2.75) is 30.4 Å². The molecule has 8 heteroatoms. The minimum atomic E-state index is -3.63. The van der Waals surface area contributed by atoms with Crippen LogP contribution in [-0.2, 0) is 25.4 Å². The van der Waals surface area contributed by atoms with Gasteiger partial charge in [-0.05, 0) is 36.8 Å². The highest BCUT2D eigenvalue weighted by atomic mass is 32.2. The zero-order chi connectivity index (χ0) is 20.1. The van der Waals surface area contributed by atoms with E-state index in [-0.39, 0.29) is 29.6 Å². The SMILES string of the molecule is Cc1ccc(CSCCNS(=O)(=O)c2ccc(N3C(=O)CCC3=O)cc2)cc1. The molecular weight excluding hydrogens is 396 g/mol. The van der Waals surface area contributed by atoms with Crippen molar-refractivity contribution in [2.24, 2.45) is 0 Å². The number of carbonyl (C=O) groups excluding carboxylic acids is 2. The van der Waals surface area contributed by atoms with Crippen molar-refractivity contribution in [3.63, 3.8) is 0 Å². The van der Waals surface area contributed by atoms with Crippen LogP contribution in [0.2, 0.25) is 0 Å². The van der Waals surface area contributed by atoms with Gasteiger partial charge in [0.15, 0.2) is 0 Å². The zero-order valence-electron chi connectivity index (χ0n) is 15.6. The molecule has 148 valence electrons. The van der Waals surface area contributed by atoms with E-state index in [9.17, 15) is 18.0 Å². The Morgan fingerprint density at radius 3 is 2.18 bits per heavy atom. The molecule has 0 bridgehead atoms. The van der Waals surface area contributed by atoms with Gasteiger partial charge in [-0.3, -0.25) is 14.5 Å². The number of sulfonamides is 1. The molecule has 1 fully saturated rings. The first-order valence-corrected chi connectivity index (χ1v) is 11.6. The molecular formula is C20H22N2O4S2. The predicted molar refractivity (Wildman–Crippen MR) is 111 cm³/mol. The van der Waals surface area contributed by atoms with E-state index in [1.807, 2.05) is 6.92 Å². The Labute approximate surface area is 169 Å². The van der Waals surface area contributed by atoms with Gasteiger partial charge in [-0.2, -0.15) is 11.8 Å². The quantitative estimate of drug-likeness (QED) is 0.526. The van der Waals surface area contributed by atoms with Crippen LogP contribution in [0.4, 0.5) is 5.69 Å². The topological polar surface area (TPSA) is 83.6 Å². The average Bonchev–Trinajstić information content (AvgIpc) is 3.01. The summed E-state index contributed by atoms with van der Waals surface area (Å²) in [7, 11) is -3.63. The van der Waals surface area contributed by atoms with Gasteiger partial charge in [0, 0.05) is 30.9 Å². The molecule has 3 rings (SSSR count). The molecule has 0 radical (unpaired) electrons. The van der Waals surface area contributed by atoms with E-state index in [0.29, 0.717) is 18.0 Å². The Balaban J connectivity index is 1.50. The summed E-state index contributed by atoms with van der Waals surface area (Å²) < 4.78 is 27.4. The number of nitrogens with one attached hydrogen (secondary N) is 1. The molecule has 1 N–H and O–H groups in total. The number of amides is 2. The number of imide groups is 1. The van der Waals surface area contributed by atoms with E-state index in [1.54, 1.807) is 11.8 Å². The number of anilines is 1. The predicted octanol–water partition coefficient (Wildman–Crippen LogP) is 2.86. The second kappa shape index (κ2) is 8.89. The van der Waals surface area contributed by atoms with Gasteiger partial charge in [0.25, 0.3) is 0 Å². The van der Waals surface area contributed by atoms with Crippen LogP contribution in [-0.4, -0.2) is 32.5 Å². The first kappa shape index (κ1) is 20.6. The van der Waals surface area contributed by atoms with E-state index in [0.717, 1.165) is 10.7 Å². The second-order valence-corrected chi connectivity index (χ2v) is 9.42. The van der Waals surface area contributed by atoms with E-state index in [1.165, 1.54) is 35.4 Å². The minimum absolute atomic E-state index is 0.110. The van der Waals surface area contributed by atoms with Crippen molar-refractivity contribution in [1.29, 1.82) is 0 Å². The monoisotopic (exact) mass is 418 g/mol. The lowest BCUT2D eigenvalue weighted by Gasteiger charge is -2.14. The Kier molecular flexibility index (Phi) is 6.53. The van der Waals surface area contributed by atoms with Crippen LogP contribution in [0, 0.1) is 6.92 Å². The summed E-state index contributed by atoms with van der Waals surface area (Å²) in [5.41, 5.74) is 2.83. The molecule has 0 saturated carbocycles. The second-order valence-electron chi connectivity index (χ2n) is 6.55. The smallest absolute Gasteiger partial charge is 0.240 e. The summed E-state index contributed by atoms with van der Waals surface area (Å²) in [4.78, 5) is 24.7. The number of thioether (sulfide) groups is 1. The number of hydrogen-bond acceptors (Lipinski definition) is 5. The third-order valence-electron chi connectivity index (χ3n) is 4.38. The van der Waals surface area contributed by atoms with Crippen molar-refractivity contribution >= 4 is 39.3 Å². The fraction of sp³-hybridized carbons (Fsp3) is 0.300. The van der Waals surface area contributed by atoms with Gasteiger partial charge in [-0.25, -0.2) is 13.1 Å². The molecule has 0 aliphatic carbocycles. The standard InChI is InChI=1S/C20H22N2O4S2/c1-15-2-4-16(5-3-15)14-27-13-12-21-28(25,26)18-8-6-17(7-9-18)22-19(23)10-11-20(22)24/h2-9,21H,10-14H2,1H3. The van der Waals surface area contributed by atoms with Gasteiger partial charge >= 0.3 is 0 Å². The Morgan fingerprint density at radius 2 is 1.57 bits per heavy atom. The summed E-state index contributed by atoms with van der Waals surface area (Å²) in [6.07, 6.45) is 0.390. The van der Waals surface area contributed by atoms with Gasteiger partial charge in [0.2, 0.25) is 21.8 Å². The Hall–Kier alpha value is -2.16. The number of hydrogen-bond donors (Lipinski definition) is 1. The number of carbonyl (C=O) groups is 2. The zero-order valence-corrected chi connectivity index (χ0v) is 17.2. The number of rotatable bonds is 8. The lowest BCUT2D eigenvalue weighted by atomic mass is 10.2. The molecule has 0 aromatic heterocycles. The first-order valence-electron chi connectivity index (χ1n) is 8.95. The van der Waals surface area contributed by atoms with E-state index >= 15 is 0 Å². The summed E-state index contributed by atoms with van der Waals surface area (Å²) >= 11 is 1.66. The summed E-state index contributed by atoms with van der Waals surface area (Å²) in [5, 5.41) is 0. The maximum Gasteiger partial charge on any atom is 0.240 e. The summed E-state index contributed by atoms with van der Waals surface area (Å²) in [6.45, 7) is 2.36. The summed E-state index contributed by atoms with van der Waals surface area (Å²) in [5.74, 6) is 0.963. The van der Waals surface area contributed by atoms with E-state index in [4.69, 9.17) is 0 Å². The third-order valence-corrected chi connectivity index (χ3v) is 6.89. The number of benzene rings is 2. The van der Waals surface area contributed by atoms with Crippen LogP contribution < -0.4 is 9.62 Å². The first-order chi connectivity index (χ1) is 13.4. The molecule has 2 amide bonds. The molecule has 0 unspecified atom stereocenters. The van der Waals surface area contributed by atoms with Crippen LogP contribution in [0.1, 0.15) is 24.0 Å². The highest BCUT2D eigenvalue weighted by molar-refractivity contribution is 7.98. The van der Waals surface area contributed by atoms with E-state index in [2.05, 4.69) is 29.0 Å². The largest absolute Gasteiger partial charge is 0.274 e. The molecule has 6 nitrogen and oxygen atoms in total. The van der Waals surface area contributed by atoms with Crippen molar-refractivity contribution in [2.75, 3.05) is 17.2 Å². The third kappa shape index (κ3) is 5.01. The number of nitrogens with zero attached hydrogens (tertiary/aromatic N) is 1. The maximum atomic E-state index is 12.4. The van der Waals surface area contributed by atoms with Crippen LogP contribution in [0.3, 0.4) is 0 Å². The van der Waals surface area contributed by atoms with Crippen molar-refractivity contribution in [1.82, 2.24) is 4.72 Å². The highest BCUT2D eigenvalue weighted by Gasteiger charge is 2.30. The number of aryl methyl sites for hydroxylation is 1. The minimum Gasteiger partial charge on any atom is -0.274 e. The van der Waals surface area contributed by atoms with Crippen LogP contribution in [0.5, 0.6) is 0 Å². The van der Waals surface area contributed by atoms with Crippen molar-refractivity contribution < 1.29 is 18.0 Å². The normalized spacial score (nSPS) is 14.7. The van der Waals surface area contributed by atoms with Gasteiger partial charge in [0.1, 0.15) is 0 Å². The Morgan fingerprint density at radius 1 is 0.964 bits per heavy atom. The molecule has 1 aliphatic heterocycles. The van der Waals surface area contributed by atoms with E-state index < -0.39 is 10.0 Å². The van der Waals surface area contributed by atoms with Crippen molar-refractivity contribution in [3.8, 4) is 0 Å². The molecule has 1 heterocycles. The van der Waals surface area contributed by atoms with Gasteiger partial charge in [0.05, 0.1) is 10.6 Å². The van der Waals surface area contributed by atoms with Gasteiger partial charge in [-0.15, -0.1) is 0 Å². The maximum absolute atomic E-state index is 12.4. The van der Waals surface area contributed by atoms with Crippen LogP contribution in [0.25, 0.3) is 0 Å². The van der Waals surface area contributed by atoms with Gasteiger partial charge in [-0.1, -0.05) is 29.8 Å². The highest BCUT2D eigenvalue weighted by Crippen LogP contribution is 2.24. The fourth-order valence-electron chi connectivity index (χ4n) is 2.84. The molecule has 0 spiro atoms. The molecule has 2 aromatic carbocycles. The Bertz CT molecular complexity index is 939. The van der Waals surface area contributed by atoms with Gasteiger partial charge < -0.3 is 0 Å². The van der Waals surface area contributed by atoms with Crippen LogP contribution in [0.15, 0.2) is 53.4 Å². The summed E-state index contributed by atoms with van der Waals surface area (Å²) in [6, 6.07) is 14.1. The fourth-order valence-corrected chi connectivity index (χ4v) is 4.82. The lowest BCUT2D eigenvalue weighted by molar-refractivity contribution is -0.121. The van der Waals surface area contributed by atoms with Crippen molar-refractivity contribution in [3.05, 3.63) is 59.7 Å². The lowest BCUT2D eigenvalue weighted by Crippen LogP contribution is -2.29. The molecule has 1 aliphatic rings. The molecule has 2 aromatic rings. The average molecular weight is 419 g/mol. The molecule has 0 atom stereocenters. The van der Waals surface area contributed by atoms with Crippen LogP contribution >= 0.6 is 11.8 Å². The molecule has 1 saturated heterocycles. The molecule has 28 heavy (non-hydrogen) atoms.